The number of nitrogens with one attached hydrogen (secondary N) is 1. The van der Waals surface area contributed by atoms with Gasteiger partial charge in [0.05, 0.1) is 19.8 Å². The second-order valence-corrected chi connectivity index (χ2v) is 5.95. The van der Waals surface area contributed by atoms with Crippen molar-refractivity contribution < 1.29 is 9.47 Å². The minimum atomic E-state index is 0.502. The summed E-state index contributed by atoms with van der Waals surface area (Å²) in [6, 6.07) is 16.6. The Balaban J connectivity index is 1.84. The van der Waals surface area contributed by atoms with E-state index < -0.39 is 0 Å². The zero-order valence-corrected chi connectivity index (χ0v) is 15.0. The lowest BCUT2D eigenvalue weighted by molar-refractivity contribution is 0.290. The van der Waals surface area contributed by atoms with Crippen molar-refractivity contribution >= 4 is 0 Å². The van der Waals surface area contributed by atoms with E-state index in [4.69, 9.17) is 14.7 Å². The summed E-state index contributed by atoms with van der Waals surface area (Å²) in [5.41, 5.74) is 3.87. The monoisotopic (exact) mass is 338 g/mol. The zero-order chi connectivity index (χ0) is 17.9. The van der Waals surface area contributed by atoms with Gasteiger partial charge in [0.25, 0.3) is 0 Å². The molecule has 25 heavy (non-hydrogen) atoms. The van der Waals surface area contributed by atoms with Crippen LogP contribution in [0.3, 0.4) is 0 Å². The molecular weight excluding hydrogens is 312 g/mol. The maximum atomic E-state index is 8.59. The summed E-state index contributed by atoms with van der Waals surface area (Å²) in [6.07, 6.45) is 2.24. The molecule has 0 spiro atoms. The van der Waals surface area contributed by atoms with Crippen molar-refractivity contribution in [3.05, 3.63) is 59.2 Å². The van der Waals surface area contributed by atoms with E-state index in [2.05, 4.69) is 42.6 Å². The molecule has 4 heteroatoms. The van der Waals surface area contributed by atoms with Gasteiger partial charge in [-0.25, -0.2) is 0 Å². The Kier molecular flexibility index (Phi) is 7.81. The quantitative estimate of drug-likeness (QED) is 0.665. The number of aryl methyl sites for hydroxylation is 1. The summed E-state index contributed by atoms with van der Waals surface area (Å²) in [7, 11) is 1.64. The van der Waals surface area contributed by atoms with Crippen LogP contribution in [0.4, 0.5) is 0 Å². The highest BCUT2D eigenvalue weighted by atomic mass is 16.5. The Morgan fingerprint density at radius 3 is 2.72 bits per heavy atom. The Labute approximate surface area is 150 Å². The van der Waals surface area contributed by atoms with Crippen molar-refractivity contribution in [3.8, 4) is 17.6 Å². The van der Waals surface area contributed by atoms with Crippen molar-refractivity contribution in [2.24, 2.45) is 0 Å². The first-order chi connectivity index (χ1) is 12.2. The summed E-state index contributed by atoms with van der Waals surface area (Å²) in [4.78, 5) is 0. The lowest BCUT2D eigenvalue weighted by Crippen LogP contribution is -2.17. The van der Waals surface area contributed by atoms with Gasteiger partial charge in [-0.15, -0.1) is 0 Å². The molecule has 0 unspecified atom stereocenters. The number of unbranched alkanes of at least 4 members (excludes halogenated alkanes) is 1. The zero-order valence-electron chi connectivity index (χ0n) is 15.0. The van der Waals surface area contributed by atoms with Gasteiger partial charge in [0.15, 0.2) is 11.5 Å². The third-order valence-electron chi connectivity index (χ3n) is 4.08. The molecule has 0 bridgehead atoms. The van der Waals surface area contributed by atoms with Gasteiger partial charge in [0, 0.05) is 13.0 Å². The number of benzene rings is 2. The summed E-state index contributed by atoms with van der Waals surface area (Å²) in [6.45, 7) is 4.38. The van der Waals surface area contributed by atoms with Gasteiger partial charge in [-0.3, -0.25) is 0 Å². The highest BCUT2D eigenvalue weighted by molar-refractivity contribution is 5.43. The van der Waals surface area contributed by atoms with E-state index in [9.17, 15) is 0 Å². The van der Waals surface area contributed by atoms with Crippen LogP contribution in [0.5, 0.6) is 11.5 Å². The molecule has 0 saturated heterocycles. The number of nitrogens with zero attached hydrogens (tertiary/aromatic N) is 1. The van der Waals surface area contributed by atoms with Gasteiger partial charge in [0.1, 0.15) is 0 Å². The minimum Gasteiger partial charge on any atom is -0.493 e. The fourth-order valence-corrected chi connectivity index (χ4v) is 2.62. The molecule has 1 N–H and O–H groups in total. The van der Waals surface area contributed by atoms with Crippen LogP contribution in [0, 0.1) is 18.3 Å². The van der Waals surface area contributed by atoms with Crippen molar-refractivity contribution in [1.29, 1.82) is 5.26 Å². The second-order valence-electron chi connectivity index (χ2n) is 5.95. The molecule has 0 atom stereocenters. The van der Waals surface area contributed by atoms with E-state index in [-0.39, 0.29) is 0 Å². The first-order valence-corrected chi connectivity index (χ1v) is 8.66. The molecule has 4 nitrogen and oxygen atoms in total. The molecule has 0 aliphatic rings. The maximum absolute atomic E-state index is 8.59. The van der Waals surface area contributed by atoms with E-state index >= 15 is 0 Å². The number of ether oxygens (including phenoxy) is 2. The Morgan fingerprint density at radius 2 is 1.96 bits per heavy atom. The Bertz CT molecular complexity index is 707. The maximum Gasteiger partial charge on any atom is 0.161 e. The predicted molar refractivity (Wildman–Crippen MR) is 99.9 cm³/mol. The molecule has 0 saturated carbocycles. The lowest BCUT2D eigenvalue weighted by atomic mass is 10.1. The van der Waals surface area contributed by atoms with Gasteiger partial charge in [-0.05, 0) is 55.1 Å². The predicted octanol–water partition coefficient (Wildman–Crippen LogP) is 4.02. The number of hydrogen-bond donors (Lipinski definition) is 1. The highest BCUT2D eigenvalue weighted by Crippen LogP contribution is 2.28. The SMILES string of the molecule is COc1ccc(CNCCc2ccccc2C)cc1OCCCC#N. The molecule has 0 aliphatic heterocycles. The highest BCUT2D eigenvalue weighted by Gasteiger charge is 2.06. The number of methoxy groups -OCH3 is 1. The van der Waals surface area contributed by atoms with Gasteiger partial charge >= 0.3 is 0 Å². The summed E-state index contributed by atoms with van der Waals surface area (Å²) < 4.78 is 11.1. The van der Waals surface area contributed by atoms with Crippen LogP contribution in [0.15, 0.2) is 42.5 Å². The summed E-state index contributed by atoms with van der Waals surface area (Å²) in [5.74, 6) is 1.46. The van der Waals surface area contributed by atoms with Crippen LogP contribution in [-0.4, -0.2) is 20.3 Å². The summed E-state index contributed by atoms with van der Waals surface area (Å²) in [5, 5.41) is 12.1. The fraction of sp³-hybridized carbons (Fsp3) is 0.381. The van der Waals surface area contributed by atoms with Gasteiger partial charge in [-0.1, -0.05) is 30.3 Å². The second kappa shape index (κ2) is 10.4. The fourth-order valence-electron chi connectivity index (χ4n) is 2.62. The topological polar surface area (TPSA) is 54.3 Å². The van der Waals surface area contributed by atoms with Crippen molar-refractivity contribution in [2.45, 2.75) is 32.7 Å². The van der Waals surface area contributed by atoms with Crippen LogP contribution in [0.2, 0.25) is 0 Å². The standard InChI is InChI=1S/C21H26N2O2/c1-17-7-3-4-8-19(17)11-13-23-16-18-9-10-20(24-2)21(15-18)25-14-6-5-12-22/h3-4,7-10,15,23H,5-6,11,13-14,16H2,1-2H3. The van der Waals surface area contributed by atoms with E-state index in [1.165, 1.54) is 11.1 Å². The molecule has 0 heterocycles. The van der Waals surface area contributed by atoms with Crippen LogP contribution in [-0.2, 0) is 13.0 Å². The summed E-state index contributed by atoms with van der Waals surface area (Å²) >= 11 is 0. The number of nitriles is 1. The molecule has 132 valence electrons. The molecule has 0 aliphatic carbocycles. The smallest absolute Gasteiger partial charge is 0.161 e. The molecule has 0 radical (unpaired) electrons. The molecule has 0 amide bonds. The van der Waals surface area contributed by atoms with E-state index in [1.807, 2.05) is 18.2 Å². The number of hydrogen-bond acceptors (Lipinski definition) is 4. The van der Waals surface area contributed by atoms with Crippen LogP contribution < -0.4 is 14.8 Å². The van der Waals surface area contributed by atoms with Crippen molar-refractivity contribution in [3.63, 3.8) is 0 Å². The molecule has 0 fully saturated rings. The Hall–Kier alpha value is -2.51. The minimum absolute atomic E-state index is 0.502. The van der Waals surface area contributed by atoms with Crippen molar-refractivity contribution in [1.82, 2.24) is 5.32 Å². The van der Waals surface area contributed by atoms with Crippen LogP contribution in [0.1, 0.15) is 29.5 Å². The number of rotatable bonds is 10. The average molecular weight is 338 g/mol. The third kappa shape index (κ3) is 6.13. The first-order valence-electron chi connectivity index (χ1n) is 8.66. The van der Waals surface area contributed by atoms with Gasteiger partial charge in [-0.2, -0.15) is 5.26 Å². The van der Waals surface area contributed by atoms with Gasteiger partial charge < -0.3 is 14.8 Å². The Morgan fingerprint density at radius 1 is 1.12 bits per heavy atom. The molecule has 0 aromatic heterocycles. The molecule has 2 rings (SSSR count). The third-order valence-corrected chi connectivity index (χ3v) is 4.08. The van der Waals surface area contributed by atoms with Gasteiger partial charge in [0.2, 0.25) is 0 Å². The van der Waals surface area contributed by atoms with Crippen molar-refractivity contribution in [2.75, 3.05) is 20.3 Å². The molecule has 2 aromatic carbocycles. The molecular formula is C21H26N2O2. The van der Waals surface area contributed by atoms with E-state index in [0.29, 0.717) is 13.0 Å². The van der Waals surface area contributed by atoms with Crippen LogP contribution >= 0.6 is 0 Å². The van der Waals surface area contributed by atoms with E-state index in [1.54, 1.807) is 7.11 Å². The normalized spacial score (nSPS) is 10.3. The lowest BCUT2D eigenvalue weighted by Gasteiger charge is -2.13. The first kappa shape index (κ1) is 18.8. The molecule has 2 aromatic rings. The van der Waals surface area contributed by atoms with Crippen LogP contribution in [0.25, 0.3) is 0 Å². The van der Waals surface area contributed by atoms with E-state index in [0.717, 1.165) is 43.0 Å². The average Bonchev–Trinajstić information content (AvgIpc) is 2.64. The largest absolute Gasteiger partial charge is 0.493 e.